The Hall–Kier alpha value is -0.120. The molecule has 0 amide bonds. The van der Waals surface area contributed by atoms with Crippen LogP contribution in [0.4, 0.5) is 0 Å². The zero-order valence-corrected chi connectivity index (χ0v) is 8.29. The van der Waals surface area contributed by atoms with Crippen LogP contribution in [0.3, 0.4) is 0 Å². The van der Waals surface area contributed by atoms with E-state index in [0.717, 1.165) is 32.1 Å². The van der Waals surface area contributed by atoms with Gasteiger partial charge >= 0.3 is 0 Å². The average Bonchev–Trinajstić information content (AvgIpc) is 2.53. The summed E-state index contributed by atoms with van der Waals surface area (Å²) in [5.74, 6) is 0.845. The van der Waals surface area contributed by atoms with Crippen LogP contribution < -0.4 is 5.32 Å². The van der Waals surface area contributed by atoms with Crippen molar-refractivity contribution < 1.29 is 9.47 Å². The van der Waals surface area contributed by atoms with Crippen molar-refractivity contribution >= 4 is 0 Å². The second kappa shape index (κ2) is 4.40. The molecule has 0 aromatic rings. The van der Waals surface area contributed by atoms with Gasteiger partial charge in [0.05, 0.1) is 18.8 Å². The number of hydrogen-bond acceptors (Lipinski definition) is 3. The van der Waals surface area contributed by atoms with Crippen molar-refractivity contribution in [3.05, 3.63) is 0 Å². The van der Waals surface area contributed by atoms with Gasteiger partial charge < -0.3 is 14.8 Å². The van der Waals surface area contributed by atoms with Crippen LogP contribution in [0.2, 0.25) is 0 Å². The van der Waals surface area contributed by atoms with Crippen molar-refractivity contribution in [3.8, 4) is 0 Å². The molecular formula is C10H19NO2. The van der Waals surface area contributed by atoms with Crippen molar-refractivity contribution in [1.29, 1.82) is 0 Å². The van der Waals surface area contributed by atoms with E-state index in [1.165, 1.54) is 12.8 Å². The Bertz CT molecular complexity index is 151. The van der Waals surface area contributed by atoms with Gasteiger partial charge in [0, 0.05) is 6.61 Å². The summed E-state index contributed by atoms with van der Waals surface area (Å²) in [4.78, 5) is 0. The van der Waals surface area contributed by atoms with Crippen LogP contribution >= 0.6 is 0 Å². The Balaban J connectivity index is 1.58. The maximum Gasteiger partial charge on any atom is 0.0834 e. The first kappa shape index (κ1) is 9.44. The van der Waals surface area contributed by atoms with E-state index in [1.54, 1.807) is 0 Å². The third-order valence-corrected chi connectivity index (χ3v) is 2.96. The minimum absolute atomic E-state index is 0.389. The van der Waals surface area contributed by atoms with Crippen LogP contribution in [0.5, 0.6) is 0 Å². The number of ether oxygens (including phenoxy) is 2. The second-order valence-corrected chi connectivity index (χ2v) is 4.14. The zero-order valence-electron chi connectivity index (χ0n) is 8.29. The van der Waals surface area contributed by atoms with E-state index in [0.29, 0.717) is 12.2 Å². The highest BCUT2D eigenvalue weighted by molar-refractivity contribution is 4.82. The topological polar surface area (TPSA) is 30.5 Å². The van der Waals surface area contributed by atoms with E-state index in [1.807, 2.05) is 7.05 Å². The van der Waals surface area contributed by atoms with Crippen LogP contribution in [-0.4, -0.2) is 39.0 Å². The van der Waals surface area contributed by atoms with Crippen molar-refractivity contribution in [2.24, 2.45) is 5.92 Å². The molecule has 2 fully saturated rings. The zero-order chi connectivity index (χ0) is 9.10. The Morgan fingerprint density at radius 2 is 2.23 bits per heavy atom. The highest BCUT2D eigenvalue weighted by atomic mass is 16.6. The largest absolute Gasteiger partial charge is 0.379 e. The Morgan fingerprint density at radius 3 is 2.85 bits per heavy atom. The molecule has 1 aliphatic carbocycles. The fraction of sp³-hybridized carbons (Fsp3) is 1.00. The van der Waals surface area contributed by atoms with E-state index >= 15 is 0 Å². The van der Waals surface area contributed by atoms with E-state index in [2.05, 4.69) is 5.32 Å². The predicted octanol–water partition coefficient (Wildman–Crippen LogP) is 0.790. The number of rotatable bonds is 4. The molecule has 1 saturated carbocycles. The van der Waals surface area contributed by atoms with Crippen LogP contribution in [0.25, 0.3) is 0 Å². The lowest BCUT2D eigenvalue weighted by Gasteiger charge is -2.36. The molecule has 0 aromatic carbocycles. The molecule has 0 spiro atoms. The summed E-state index contributed by atoms with van der Waals surface area (Å²) in [6.07, 6.45) is 4.47. The Morgan fingerprint density at radius 1 is 1.38 bits per heavy atom. The third kappa shape index (κ3) is 2.42. The lowest BCUT2D eigenvalue weighted by Crippen LogP contribution is -2.39. The second-order valence-electron chi connectivity index (χ2n) is 4.14. The highest BCUT2D eigenvalue weighted by Crippen LogP contribution is 2.31. The molecule has 1 aliphatic heterocycles. The quantitative estimate of drug-likeness (QED) is 0.702. The molecule has 0 bridgehead atoms. The molecule has 1 heterocycles. The van der Waals surface area contributed by atoms with Crippen molar-refractivity contribution in [2.75, 3.05) is 26.8 Å². The smallest absolute Gasteiger partial charge is 0.0834 e. The molecule has 1 saturated heterocycles. The standard InChI is InChI=1S/C10H19NO2/c1-11-6-8-4-10(5-8)13-9-2-3-12-7-9/h8-11H,2-7H2,1H3. The molecule has 1 atom stereocenters. The van der Waals surface area contributed by atoms with Gasteiger partial charge in [-0.2, -0.15) is 0 Å². The summed E-state index contributed by atoms with van der Waals surface area (Å²) in [5.41, 5.74) is 0. The fourth-order valence-electron chi connectivity index (χ4n) is 2.13. The Kier molecular flexibility index (Phi) is 3.19. The molecule has 2 aliphatic rings. The van der Waals surface area contributed by atoms with E-state index < -0.39 is 0 Å². The van der Waals surface area contributed by atoms with Crippen LogP contribution in [0.1, 0.15) is 19.3 Å². The SMILES string of the molecule is CNCC1CC(OC2CCOC2)C1. The van der Waals surface area contributed by atoms with Gasteiger partial charge in [-0.05, 0) is 38.8 Å². The summed E-state index contributed by atoms with van der Waals surface area (Å²) < 4.78 is 11.1. The maximum atomic E-state index is 5.87. The molecule has 2 rings (SSSR count). The molecule has 1 N–H and O–H groups in total. The van der Waals surface area contributed by atoms with Crippen molar-refractivity contribution in [1.82, 2.24) is 5.32 Å². The van der Waals surface area contributed by atoms with Gasteiger partial charge in [0.1, 0.15) is 0 Å². The highest BCUT2D eigenvalue weighted by Gasteiger charge is 2.32. The van der Waals surface area contributed by atoms with Gasteiger partial charge in [0.15, 0.2) is 0 Å². The monoisotopic (exact) mass is 185 g/mol. The number of nitrogens with one attached hydrogen (secondary N) is 1. The van der Waals surface area contributed by atoms with Crippen LogP contribution in [0.15, 0.2) is 0 Å². The van der Waals surface area contributed by atoms with Gasteiger partial charge in [0.2, 0.25) is 0 Å². The molecule has 13 heavy (non-hydrogen) atoms. The minimum atomic E-state index is 0.389. The molecule has 0 aromatic heterocycles. The normalized spacial score (nSPS) is 39.0. The van der Waals surface area contributed by atoms with Gasteiger partial charge in [-0.3, -0.25) is 0 Å². The first-order valence-electron chi connectivity index (χ1n) is 5.26. The first-order valence-corrected chi connectivity index (χ1v) is 5.26. The van der Waals surface area contributed by atoms with E-state index in [-0.39, 0.29) is 0 Å². The van der Waals surface area contributed by atoms with Crippen molar-refractivity contribution in [2.45, 2.75) is 31.5 Å². The van der Waals surface area contributed by atoms with E-state index in [4.69, 9.17) is 9.47 Å². The van der Waals surface area contributed by atoms with Gasteiger partial charge in [-0.15, -0.1) is 0 Å². The minimum Gasteiger partial charge on any atom is -0.379 e. The molecule has 76 valence electrons. The fourth-order valence-corrected chi connectivity index (χ4v) is 2.13. The summed E-state index contributed by atoms with van der Waals surface area (Å²) in [7, 11) is 2.01. The lowest BCUT2D eigenvalue weighted by atomic mass is 9.82. The molecular weight excluding hydrogens is 166 g/mol. The van der Waals surface area contributed by atoms with E-state index in [9.17, 15) is 0 Å². The molecule has 3 heteroatoms. The third-order valence-electron chi connectivity index (χ3n) is 2.96. The lowest BCUT2D eigenvalue weighted by molar-refractivity contribution is -0.0750. The molecule has 1 unspecified atom stereocenters. The van der Waals surface area contributed by atoms with Crippen molar-refractivity contribution in [3.63, 3.8) is 0 Å². The Labute approximate surface area is 79.8 Å². The van der Waals surface area contributed by atoms with Gasteiger partial charge in [-0.25, -0.2) is 0 Å². The molecule has 0 radical (unpaired) electrons. The summed E-state index contributed by atoms with van der Waals surface area (Å²) >= 11 is 0. The molecule has 3 nitrogen and oxygen atoms in total. The first-order chi connectivity index (χ1) is 6.38. The predicted molar refractivity (Wildman–Crippen MR) is 50.7 cm³/mol. The van der Waals surface area contributed by atoms with Gasteiger partial charge in [0.25, 0.3) is 0 Å². The maximum absolute atomic E-state index is 5.87. The van der Waals surface area contributed by atoms with Gasteiger partial charge in [-0.1, -0.05) is 0 Å². The summed E-state index contributed by atoms with van der Waals surface area (Å²) in [6.45, 7) is 2.84. The van der Waals surface area contributed by atoms with Crippen LogP contribution in [-0.2, 0) is 9.47 Å². The van der Waals surface area contributed by atoms with Crippen LogP contribution in [0, 0.1) is 5.92 Å². The summed E-state index contributed by atoms with van der Waals surface area (Å²) in [6, 6.07) is 0. The summed E-state index contributed by atoms with van der Waals surface area (Å²) in [5, 5.41) is 3.20. The average molecular weight is 185 g/mol. The number of hydrogen-bond donors (Lipinski definition) is 1.